The van der Waals surface area contributed by atoms with E-state index in [2.05, 4.69) is 5.32 Å². The minimum absolute atomic E-state index is 0.104. The van der Waals surface area contributed by atoms with E-state index in [0.717, 1.165) is 36.4 Å². The van der Waals surface area contributed by atoms with Crippen LogP contribution in [0.25, 0.3) is 0 Å². The molecule has 2 aromatic rings. The predicted molar refractivity (Wildman–Crippen MR) is 108 cm³/mol. The van der Waals surface area contributed by atoms with Crippen molar-refractivity contribution in [2.75, 3.05) is 38.6 Å². The average molecular weight is 400 g/mol. The Morgan fingerprint density at radius 1 is 1.10 bits per heavy atom. The van der Waals surface area contributed by atoms with Gasteiger partial charge in [-0.3, -0.25) is 9.59 Å². The summed E-state index contributed by atoms with van der Waals surface area (Å²) in [5, 5.41) is 2.72. The second-order valence-corrected chi connectivity index (χ2v) is 7.33. The molecule has 0 bridgehead atoms. The molecule has 7 heteroatoms. The first-order chi connectivity index (χ1) is 13.9. The largest absolute Gasteiger partial charge is 0.494 e. The van der Waals surface area contributed by atoms with E-state index < -0.39 is 0 Å². The van der Waals surface area contributed by atoms with Gasteiger partial charge in [0, 0.05) is 18.2 Å². The summed E-state index contributed by atoms with van der Waals surface area (Å²) in [6.07, 6.45) is 0.347. The van der Waals surface area contributed by atoms with Crippen molar-refractivity contribution >= 4 is 17.5 Å². The number of nitrogens with zero attached hydrogens (tertiary/aromatic N) is 1. The highest BCUT2D eigenvalue weighted by Gasteiger charge is 2.24. The monoisotopic (exact) mass is 400 g/mol. The lowest BCUT2D eigenvalue weighted by atomic mass is 10.1. The lowest BCUT2D eigenvalue weighted by molar-refractivity contribution is -0.917. The molecule has 0 radical (unpaired) electrons. The van der Waals surface area contributed by atoms with E-state index in [-0.39, 0.29) is 23.4 Å². The van der Waals surface area contributed by atoms with Gasteiger partial charge in [0.05, 0.1) is 39.7 Å². The van der Waals surface area contributed by atoms with Gasteiger partial charge in [0.1, 0.15) is 6.54 Å². The van der Waals surface area contributed by atoms with Crippen molar-refractivity contribution in [3.63, 3.8) is 0 Å². The SMILES string of the molecule is COc1ccc(C[NH+]2CCN(C(=O)Cc3ccc(NC(C)=O)cc3)CC2)cc1F. The Kier molecular flexibility index (Phi) is 6.82. The molecular formula is C22H27FN3O3+. The summed E-state index contributed by atoms with van der Waals surface area (Å²) in [5.74, 6) is -0.106. The second kappa shape index (κ2) is 9.52. The Labute approximate surface area is 170 Å². The number of rotatable bonds is 6. The van der Waals surface area contributed by atoms with Crippen LogP contribution < -0.4 is 15.0 Å². The Bertz CT molecular complexity index is 862. The fourth-order valence-electron chi connectivity index (χ4n) is 3.55. The molecule has 2 N–H and O–H groups in total. The summed E-state index contributed by atoms with van der Waals surface area (Å²) in [6.45, 7) is 5.24. The van der Waals surface area contributed by atoms with Crippen LogP contribution in [0.15, 0.2) is 42.5 Å². The van der Waals surface area contributed by atoms with E-state index in [9.17, 15) is 14.0 Å². The molecule has 6 nitrogen and oxygen atoms in total. The van der Waals surface area contributed by atoms with Crippen LogP contribution in [0.3, 0.4) is 0 Å². The molecule has 1 aliphatic heterocycles. The Balaban J connectivity index is 1.48. The van der Waals surface area contributed by atoms with E-state index >= 15 is 0 Å². The molecular weight excluding hydrogens is 373 g/mol. The number of ether oxygens (including phenoxy) is 1. The number of piperazine rings is 1. The van der Waals surface area contributed by atoms with Crippen LogP contribution in [0.5, 0.6) is 5.75 Å². The zero-order chi connectivity index (χ0) is 20.8. The van der Waals surface area contributed by atoms with Gasteiger partial charge in [-0.15, -0.1) is 0 Å². The summed E-state index contributed by atoms with van der Waals surface area (Å²) in [6, 6.07) is 12.4. The average Bonchev–Trinajstić information content (AvgIpc) is 2.70. The maximum absolute atomic E-state index is 13.9. The molecule has 1 aliphatic rings. The molecule has 1 fully saturated rings. The second-order valence-electron chi connectivity index (χ2n) is 7.33. The third-order valence-electron chi connectivity index (χ3n) is 5.12. The number of halogens is 1. The normalized spacial score (nSPS) is 14.5. The molecule has 0 saturated carbocycles. The van der Waals surface area contributed by atoms with Crippen LogP contribution in [0, 0.1) is 5.82 Å². The van der Waals surface area contributed by atoms with Gasteiger partial charge in [0.2, 0.25) is 11.8 Å². The number of hydrogen-bond donors (Lipinski definition) is 2. The molecule has 2 amide bonds. The van der Waals surface area contributed by atoms with Gasteiger partial charge in [-0.1, -0.05) is 12.1 Å². The van der Waals surface area contributed by atoms with Crippen LogP contribution >= 0.6 is 0 Å². The molecule has 29 heavy (non-hydrogen) atoms. The van der Waals surface area contributed by atoms with Crippen molar-refractivity contribution in [3.05, 3.63) is 59.4 Å². The van der Waals surface area contributed by atoms with Crippen molar-refractivity contribution in [3.8, 4) is 5.75 Å². The van der Waals surface area contributed by atoms with Gasteiger partial charge < -0.3 is 19.9 Å². The molecule has 0 unspecified atom stereocenters. The number of methoxy groups -OCH3 is 1. The first-order valence-electron chi connectivity index (χ1n) is 9.75. The van der Waals surface area contributed by atoms with Crippen molar-refractivity contribution in [2.45, 2.75) is 19.9 Å². The number of anilines is 1. The van der Waals surface area contributed by atoms with Crippen LogP contribution in [0.2, 0.25) is 0 Å². The van der Waals surface area contributed by atoms with Gasteiger partial charge in [-0.05, 0) is 35.9 Å². The van der Waals surface area contributed by atoms with Gasteiger partial charge >= 0.3 is 0 Å². The fraction of sp³-hybridized carbons (Fsp3) is 0.364. The topological polar surface area (TPSA) is 63.1 Å². The fourth-order valence-corrected chi connectivity index (χ4v) is 3.55. The standard InChI is InChI=1S/C22H26FN3O3/c1-16(27)24-19-6-3-17(4-7-19)14-22(28)26-11-9-25(10-12-26)15-18-5-8-21(29-2)20(23)13-18/h3-8,13H,9-12,14-15H2,1-2H3,(H,24,27)/p+1. The Hall–Kier alpha value is -2.93. The number of benzene rings is 2. The molecule has 1 saturated heterocycles. The summed E-state index contributed by atoms with van der Waals surface area (Å²) in [4.78, 5) is 26.9. The van der Waals surface area contributed by atoms with E-state index in [1.165, 1.54) is 25.0 Å². The molecule has 3 rings (SSSR count). The summed E-state index contributed by atoms with van der Waals surface area (Å²) in [7, 11) is 1.46. The number of hydrogen-bond acceptors (Lipinski definition) is 3. The number of nitrogens with one attached hydrogen (secondary N) is 2. The maximum atomic E-state index is 13.9. The maximum Gasteiger partial charge on any atom is 0.227 e. The Morgan fingerprint density at radius 2 is 1.76 bits per heavy atom. The van der Waals surface area contributed by atoms with E-state index in [4.69, 9.17) is 4.74 Å². The van der Waals surface area contributed by atoms with Crippen LogP contribution in [0.1, 0.15) is 18.1 Å². The van der Waals surface area contributed by atoms with Crippen molar-refractivity contribution in [1.29, 1.82) is 0 Å². The molecule has 1 heterocycles. The van der Waals surface area contributed by atoms with E-state index in [1.54, 1.807) is 18.2 Å². The predicted octanol–water partition coefficient (Wildman–Crippen LogP) is 1.26. The summed E-state index contributed by atoms with van der Waals surface area (Å²) < 4.78 is 18.8. The first-order valence-corrected chi connectivity index (χ1v) is 9.75. The quantitative estimate of drug-likeness (QED) is 0.768. The molecule has 0 aromatic heterocycles. The van der Waals surface area contributed by atoms with E-state index in [1.807, 2.05) is 23.1 Å². The van der Waals surface area contributed by atoms with Crippen molar-refractivity contribution in [2.24, 2.45) is 0 Å². The lowest BCUT2D eigenvalue weighted by Crippen LogP contribution is -3.13. The van der Waals surface area contributed by atoms with Crippen LogP contribution in [-0.2, 0) is 22.6 Å². The Morgan fingerprint density at radius 3 is 2.34 bits per heavy atom. The molecule has 0 aliphatic carbocycles. The first kappa shape index (κ1) is 20.8. The third-order valence-corrected chi connectivity index (χ3v) is 5.12. The number of carbonyl (C=O) groups excluding carboxylic acids is 2. The molecule has 0 spiro atoms. The number of amides is 2. The van der Waals surface area contributed by atoms with E-state index in [0.29, 0.717) is 19.5 Å². The zero-order valence-electron chi connectivity index (χ0n) is 16.8. The lowest BCUT2D eigenvalue weighted by Gasteiger charge is -2.32. The minimum atomic E-state index is -0.345. The van der Waals surface area contributed by atoms with Crippen LogP contribution in [0.4, 0.5) is 10.1 Å². The van der Waals surface area contributed by atoms with Gasteiger partial charge in [0.15, 0.2) is 11.6 Å². The van der Waals surface area contributed by atoms with Crippen LogP contribution in [-0.4, -0.2) is 50.0 Å². The molecule has 154 valence electrons. The highest BCUT2D eigenvalue weighted by Crippen LogP contribution is 2.17. The highest BCUT2D eigenvalue weighted by molar-refractivity contribution is 5.88. The number of quaternary nitrogens is 1. The smallest absolute Gasteiger partial charge is 0.227 e. The third kappa shape index (κ3) is 5.77. The van der Waals surface area contributed by atoms with Crippen molar-refractivity contribution in [1.82, 2.24) is 4.90 Å². The van der Waals surface area contributed by atoms with Gasteiger partial charge in [0.25, 0.3) is 0 Å². The summed E-state index contributed by atoms with van der Waals surface area (Å²) in [5.41, 5.74) is 2.57. The van der Waals surface area contributed by atoms with Crippen molar-refractivity contribution < 1.29 is 23.6 Å². The molecule has 0 atom stereocenters. The zero-order valence-corrected chi connectivity index (χ0v) is 16.8. The summed E-state index contributed by atoms with van der Waals surface area (Å²) >= 11 is 0. The van der Waals surface area contributed by atoms with Gasteiger partial charge in [-0.25, -0.2) is 4.39 Å². The van der Waals surface area contributed by atoms with Gasteiger partial charge in [-0.2, -0.15) is 0 Å². The minimum Gasteiger partial charge on any atom is -0.494 e. The number of carbonyl (C=O) groups is 2. The highest BCUT2D eigenvalue weighted by atomic mass is 19.1. The molecule has 2 aromatic carbocycles.